The smallest absolute Gasteiger partial charge is 0.344 e. The number of ether oxygens (including phenoxy) is 2. The average Bonchev–Trinajstić information content (AvgIpc) is 3.11. The van der Waals surface area contributed by atoms with Crippen molar-refractivity contribution in [2.24, 2.45) is 0 Å². The van der Waals surface area contributed by atoms with Gasteiger partial charge in [0.25, 0.3) is 0 Å². The maximum atomic E-state index is 12.2. The summed E-state index contributed by atoms with van der Waals surface area (Å²) in [5.41, 5.74) is 5.19. The van der Waals surface area contributed by atoms with Gasteiger partial charge >= 0.3 is 11.6 Å². The van der Waals surface area contributed by atoms with E-state index in [1.807, 2.05) is 38.1 Å². The summed E-state index contributed by atoms with van der Waals surface area (Å²) >= 11 is 0. The summed E-state index contributed by atoms with van der Waals surface area (Å²) in [5.74, 6) is 0.214. The third kappa shape index (κ3) is 3.65. The van der Waals surface area contributed by atoms with Crippen molar-refractivity contribution < 1.29 is 18.7 Å². The van der Waals surface area contributed by atoms with Gasteiger partial charge in [-0.3, -0.25) is 0 Å². The van der Waals surface area contributed by atoms with E-state index in [0.717, 1.165) is 35.8 Å². The Bertz CT molecular complexity index is 1090. The highest BCUT2D eigenvalue weighted by Crippen LogP contribution is 2.29. The van der Waals surface area contributed by atoms with Crippen LogP contribution >= 0.6 is 0 Å². The van der Waals surface area contributed by atoms with E-state index in [1.165, 1.54) is 17.2 Å². The summed E-state index contributed by atoms with van der Waals surface area (Å²) < 4.78 is 16.3. The summed E-state index contributed by atoms with van der Waals surface area (Å²) in [6, 6.07) is 11.2. The quantitative estimate of drug-likeness (QED) is 0.496. The van der Waals surface area contributed by atoms with Crippen LogP contribution in [0.2, 0.25) is 0 Å². The Labute approximate surface area is 162 Å². The maximum absolute atomic E-state index is 12.2. The number of benzene rings is 2. The molecule has 5 nitrogen and oxygen atoms in total. The fourth-order valence-corrected chi connectivity index (χ4v) is 3.77. The van der Waals surface area contributed by atoms with E-state index in [1.54, 1.807) is 0 Å². The van der Waals surface area contributed by atoms with E-state index >= 15 is 0 Å². The molecule has 0 saturated carbocycles. The number of aryl methyl sites for hydroxylation is 4. The van der Waals surface area contributed by atoms with Crippen LogP contribution < -0.4 is 10.4 Å². The lowest BCUT2D eigenvalue weighted by Gasteiger charge is -2.12. The van der Waals surface area contributed by atoms with E-state index in [4.69, 9.17) is 13.9 Å². The zero-order valence-electron chi connectivity index (χ0n) is 16.0. The Hall–Kier alpha value is -3.08. The largest absolute Gasteiger partial charge is 0.481 e. The van der Waals surface area contributed by atoms with Crippen LogP contribution in [0.1, 0.15) is 34.2 Å². The van der Waals surface area contributed by atoms with Crippen LogP contribution in [0.5, 0.6) is 5.75 Å². The fourth-order valence-electron chi connectivity index (χ4n) is 3.77. The molecule has 1 aliphatic carbocycles. The van der Waals surface area contributed by atoms with Crippen molar-refractivity contribution in [2.75, 3.05) is 6.61 Å². The lowest BCUT2D eigenvalue weighted by atomic mass is 10.0. The lowest BCUT2D eigenvalue weighted by Crippen LogP contribution is -2.16. The van der Waals surface area contributed by atoms with Crippen molar-refractivity contribution in [3.05, 3.63) is 74.6 Å². The summed E-state index contributed by atoms with van der Waals surface area (Å²) in [7, 11) is 0. The molecule has 0 atom stereocenters. The normalized spacial score (nSPS) is 12.8. The van der Waals surface area contributed by atoms with Gasteiger partial charge in [-0.15, -0.1) is 0 Å². The Morgan fingerprint density at radius 1 is 1.07 bits per heavy atom. The first-order valence-electron chi connectivity index (χ1n) is 9.44. The van der Waals surface area contributed by atoms with Gasteiger partial charge in [0.1, 0.15) is 17.9 Å². The minimum atomic E-state index is -0.481. The van der Waals surface area contributed by atoms with Crippen molar-refractivity contribution >= 4 is 16.9 Å². The number of hydrogen-bond donors (Lipinski definition) is 0. The third-order valence-corrected chi connectivity index (χ3v) is 5.17. The van der Waals surface area contributed by atoms with Crippen LogP contribution in [0.25, 0.3) is 11.0 Å². The van der Waals surface area contributed by atoms with Crippen LogP contribution in [-0.2, 0) is 29.0 Å². The second kappa shape index (κ2) is 7.50. The molecule has 1 aromatic heterocycles. The molecule has 0 fully saturated rings. The Balaban J connectivity index is 1.48. The zero-order chi connectivity index (χ0) is 19.7. The molecular formula is C23H22O5. The highest BCUT2D eigenvalue weighted by molar-refractivity contribution is 5.82. The molecule has 0 aliphatic heterocycles. The lowest BCUT2D eigenvalue weighted by molar-refractivity contribution is -0.147. The predicted octanol–water partition coefficient (Wildman–Crippen LogP) is 4.02. The summed E-state index contributed by atoms with van der Waals surface area (Å²) in [6.45, 7) is 3.69. The molecule has 144 valence electrons. The second-order valence-corrected chi connectivity index (χ2v) is 7.23. The van der Waals surface area contributed by atoms with E-state index in [-0.39, 0.29) is 13.2 Å². The average molecular weight is 378 g/mol. The highest BCUT2D eigenvalue weighted by atomic mass is 16.6. The molecule has 28 heavy (non-hydrogen) atoms. The SMILES string of the molecule is Cc1cccc(C)c1OCC(=O)OCc1cc(=O)oc2cc3c(cc12)CCC3. The first kappa shape index (κ1) is 18.3. The van der Waals surface area contributed by atoms with Crippen molar-refractivity contribution in [3.8, 4) is 5.75 Å². The van der Waals surface area contributed by atoms with Crippen molar-refractivity contribution in [3.63, 3.8) is 0 Å². The highest BCUT2D eigenvalue weighted by Gasteiger charge is 2.16. The summed E-state index contributed by atoms with van der Waals surface area (Å²) in [4.78, 5) is 24.1. The monoisotopic (exact) mass is 378 g/mol. The van der Waals surface area contributed by atoms with E-state index < -0.39 is 11.6 Å². The van der Waals surface area contributed by atoms with Crippen molar-refractivity contribution in [1.29, 1.82) is 0 Å². The molecule has 2 aromatic carbocycles. The Morgan fingerprint density at radius 3 is 2.54 bits per heavy atom. The minimum absolute atomic E-state index is 0.00976. The first-order chi connectivity index (χ1) is 13.5. The topological polar surface area (TPSA) is 65.7 Å². The number of esters is 1. The molecule has 0 radical (unpaired) electrons. The zero-order valence-corrected chi connectivity index (χ0v) is 16.0. The molecule has 1 aliphatic rings. The van der Waals surface area contributed by atoms with Gasteiger partial charge < -0.3 is 13.9 Å². The molecule has 0 saturated heterocycles. The number of carbonyl (C=O) groups is 1. The number of rotatable bonds is 5. The number of fused-ring (bicyclic) bond motifs is 2. The molecular weight excluding hydrogens is 356 g/mol. The number of hydrogen-bond acceptors (Lipinski definition) is 5. The Morgan fingerprint density at radius 2 is 1.79 bits per heavy atom. The number of para-hydroxylation sites is 1. The van der Waals surface area contributed by atoms with Crippen LogP contribution in [0.15, 0.2) is 45.6 Å². The maximum Gasteiger partial charge on any atom is 0.344 e. The molecule has 0 amide bonds. The summed E-state index contributed by atoms with van der Waals surface area (Å²) in [5, 5.41) is 0.823. The van der Waals surface area contributed by atoms with Crippen LogP contribution in [0.3, 0.4) is 0 Å². The minimum Gasteiger partial charge on any atom is -0.481 e. The van der Waals surface area contributed by atoms with Crippen molar-refractivity contribution in [2.45, 2.75) is 39.7 Å². The van der Waals surface area contributed by atoms with Crippen molar-refractivity contribution in [1.82, 2.24) is 0 Å². The van der Waals surface area contributed by atoms with Gasteiger partial charge in [0, 0.05) is 17.0 Å². The van der Waals surface area contributed by atoms with Gasteiger partial charge in [-0.25, -0.2) is 9.59 Å². The molecule has 0 unspecified atom stereocenters. The predicted molar refractivity (Wildman–Crippen MR) is 106 cm³/mol. The van der Waals surface area contributed by atoms with Crippen LogP contribution in [0.4, 0.5) is 0 Å². The van der Waals surface area contributed by atoms with Crippen LogP contribution in [-0.4, -0.2) is 12.6 Å². The molecule has 3 aromatic rings. The molecule has 1 heterocycles. The van der Waals surface area contributed by atoms with E-state index in [2.05, 4.69) is 6.07 Å². The standard InChI is InChI=1S/C23H22O5/c1-14-5-3-6-15(2)23(14)27-13-22(25)26-12-18-11-21(24)28-20-10-17-8-4-7-16(17)9-19(18)20/h3,5-6,9-11H,4,7-8,12-13H2,1-2H3. The molecule has 0 bridgehead atoms. The van der Waals surface area contributed by atoms with Crippen LogP contribution in [0, 0.1) is 13.8 Å². The second-order valence-electron chi connectivity index (χ2n) is 7.23. The van der Waals surface area contributed by atoms with Gasteiger partial charge in [-0.1, -0.05) is 18.2 Å². The fraction of sp³-hybridized carbons (Fsp3) is 0.304. The molecule has 4 rings (SSSR count). The van der Waals surface area contributed by atoms with Gasteiger partial charge in [-0.05, 0) is 67.5 Å². The Kier molecular flexibility index (Phi) is 4.90. The first-order valence-corrected chi connectivity index (χ1v) is 9.44. The van der Waals surface area contributed by atoms with Gasteiger partial charge in [0.05, 0.1) is 0 Å². The third-order valence-electron chi connectivity index (χ3n) is 5.17. The van der Waals surface area contributed by atoms with E-state index in [9.17, 15) is 9.59 Å². The number of carbonyl (C=O) groups excluding carboxylic acids is 1. The summed E-state index contributed by atoms with van der Waals surface area (Å²) in [6.07, 6.45) is 3.13. The van der Waals surface area contributed by atoms with E-state index in [0.29, 0.717) is 16.9 Å². The van der Waals surface area contributed by atoms with Gasteiger partial charge in [0.2, 0.25) is 0 Å². The molecule has 5 heteroatoms. The molecule has 0 spiro atoms. The molecule has 0 N–H and O–H groups in total. The van der Waals surface area contributed by atoms with Gasteiger partial charge in [0.15, 0.2) is 6.61 Å². The van der Waals surface area contributed by atoms with Gasteiger partial charge in [-0.2, -0.15) is 0 Å².